The van der Waals surface area contributed by atoms with Gasteiger partial charge in [0.25, 0.3) is 5.91 Å². The molecule has 3 atom stereocenters. The molecule has 0 radical (unpaired) electrons. The minimum absolute atomic E-state index is 0.145. The zero-order valence-electron chi connectivity index (χ0n) is 12.3. The molecule has 2 saturated carbocycles. The van der Waals surface area contributed by atoms with Gasteiger partial charge in [0.15, 0.2) is 5.69 Å². The van der Waals surface area contributed by atoms with Gasteiger partial charge in [0, 0.05) is 6.54 Å². The highest BCUT2D eigenvalue weighted by atomic mass is 16.1. The molecule has 1 aromatic rings. The second-order valence-electron chi connectivity index (χ2n) is 6.70. The van der Waals surface area contributed by atoms with Gasteiger partial charge in [-0.2, -0.15) is 5.10 Å². The number of nitrogens with two attached hydrogens (primary N) is 1. The van der Waals surface area contributed by atoms with Crippen molar-refractivity contribution in [3.05, 3.63) is 11.4 Å². The molecule has 4 N–H and O–H groups in total. The number of carbonyl (C=O) groups excluding carboxylic acids is 1. The van der Waals surface area contributed by atoms with E-state index in [4.69, 9.17) is 5.73 Å². The van der Waals surface area contributed by atoms with E-state index in [0.717, 1.165) is 24.1 Å². The van der Waals surface area contributed by atoms with Crippen LogP contribution in [0.3, 0.4) is 0 Å². The molecule has 3 unspecified atom stereocenters. The normalized spacial score (nSPS) is 28.2. The van der Waals surface area contributed by atoms with Gasteiger partial charge in [0.05, 0.1) is 11.4 Å². The summed E-state index contributed by atoms with van der Waals surface area (Å²) in [5.41, 5.74) is 7.67. The zero-order chi connectivity index (χ0) is 14.3. The number of nitrogen functional groups attached to an aromatic ring is 1. The van der Waals surface area contributed by atoms with Gasteiger partial charge in [-0.3, -0.25) is 9.89 Å². The fourth-order valence-corrected chi connectivity index (χ4v) is 3.91. The van der Waals surface area contributed by atoms with E-state index >= 15 is 0 Å². The monoisotopic (exact) mass is 276 g/mol. The molecule has 2 aliphatic rings. The third kappa shape index (κ3) is 2.30. The quantitative estimate of drug-likeness (QED) is 0.789. The summed E-state index contributed by atoms with van der Waals surface area (Å²) in [5, 5.41) is 9.96. The number of nitrogens with zero attached hydrogens (tertiary/aromatic N) is 1. The Balaban J connectivity index is 1.59. The molecule has 20 heavy (non-hydrogen) atoms. The zero-order valence-corrected chi connectivity index (χ0v) is 12.3. The molecule has 5 heteroatoms. The average molecular weight is 276 g/mol. The smallest absolute Gasteiger partial charge is 0.273 e. The highest BCUT2D eigenvalue weighted by molar-refractivity contribution is 5.97. The van der Waals surface area contributed by atoms with Gasteiger partial charge in [-0.1, -0.05) is 20.3 Å². The minimum Gasteiger partial charge on any atom is -0.395 e. The number of hydrogen-bond acceptors (Lipinski definition) is 3. The van der Waals surface area contributed by atoms with E-state index in [9.17, 15) is 4.79 Å². The summed E-state index contributed by atoms with van der Waals surface area (Å²) in [7, 11) is 0. The van der Waals surface area contributed by atoms with E-state index in [1.54, 1.807) is 0 Å². The third-order valence-electron chi connectivity index (χ3n) is 5.04. The first-order valence-corrected chi connectivity index (χ1v) is 7.68. The van der Waals surface area contributed by atoms with Crippen molar-refractivity contribution in [2.75, 3.05) is 12.3 Å². The van der Waals surface area contributed by atoms with Crippen molar-refractivity contribution >= 4 is 11.6 Å². The predicted molar refractivity (Wildman–Crippen MR) is 78.4 cm³/mol. The second kappa shape index (κ2) is 5.11. The molecule has 5 nitrogen and oxygen atoms in total. The minimum atomic E-state index is -0.145. The third-order valence-corrected chi connectivity index (χ3v) is 5.04. The van der Waals surface area contributed by atoms with E-state index in [0.29, 0.717) is 17.3 Å². The maximum absolute atomic E-state index is 12.2. The first-order chi connectivity index (χ1) is 9.56. The molecule has 0 aromatic carbocycles. The molecular formula is C15H24N4O. The van der Waals surface area contributed by atoms with E-state index in [2.05, 4.69) is 15.5 Å². The molecule has 0 saturated heterocycles. The fraction of sp³-hybridized carbons (Fsp3) is 0.733. The predicted octanol–water partition coefficient (Wildman–Crippen LogP) is 2.28. The topological polar surface area (TPSA) is 83.8 Å². The number of aromatic nitrogens is 2. The van der Waals surface area contributed by atoms with Crippen molar-refractivity contribution in [3.63, 3.8) is 0 Å². The van der Waals surface area contributed by atoms with Crippen LogP contribution in [0.1, 0.15) is 61.6 Å². The molecule has 1 aromatic heterocycles. The van der Waals surface area contributed by atoms with E-state index < -0.39 is 0 Å². The second-order valence-corrected chi connectivity index (χ2v) is 6.70. The van der Waals surface area contributed by atoms with Crippen LogP contribution in [-0.4, -0.2) is 22.6 Å². The van der Waals surface area contributed by atoms with E-state index in [-0.39, 0.29) is 11.8 Å². The van der Waals surface area contributed by atoms with E-state index in [1.165, 1.54) is 25.7 Å². The van der Waals surface area contributed by atoms with Crippen molar-refractivity contribution in [2.45, 2.75) is 45.4 Å². The Kier molecular flexibility index (Phi) is 3.44. The van der Waals surface area contributed by atoms with Crippen LogP contribution in [0, 0.1) is 17.8 Å². The van der Waals surface area contributed by atoms with Gasteiger partial charge in [-0.05, 0) is 42.9 Å². The van der Waals surface area contributed by atoms with Crippen molar-refractivity contribution in [3.8, 4) is 0 Å². The van der Waals surface area contributed by atoms with Crippen LogP contribution in [0.25, 0.3) is 0 Å². The highest BCUT2D eigenvalue weighted by Crippen LogP contribution is 2.47. The number of nitrogens with one attached hydrogen (secondary N) is 2. The SMILES string of the molecule is CC(C)c1[nH]nc(C(=O)NCC2CC3CCC2C3)c1N. The van der Waals surface area contributed by atoms with Crippen molar-refractivity contribution < 1.29 is 4.79 Å². The summed E-state index contributed by atoms with van der Waals surface area (Å²) in [4.78, 5) is 12.2. The number of aromatic amines is 1. The lowest BCUT2D eigenvalue weighted by molar-refractivity contribution is 0.0937. The molecular weight excluding hydrogens is 252 g/mol. The maximum atomic E-state index is 12.2. The van der Waals surface area contributed by atoms with Gasteiger partial charge in [-0.15, -0.1) is 0 Å². The molecule has 110 valence electrons. The summed E-state index contributed by atoms with van der Waals surface area (Å²) in [6.45, 7) is 4.82. The number of fused-ring (bicyclic) bond motifs is 2. The summed E-state index contributed by atoms with van der Waals surface area (Å²) < 4.78 is 0. The largest absolute Gasteiger partial charge is 0.395 e. The molecule has 2 aliphatic carbocycles. The van der Waals surface area contributed by atoms with Crippen LogP contribution in [0.4, 0.5) is 5.69 Å². The maximum Gasteiger partial charge on any atom is 0.273 e. The first kappa shape index (κ1) is 13.5. The van der Waals surface area contributed by atoms with Crippen molar-refractivity contribution in [2.24, 2.45) is 17.8 Å². The number of H-pyrrole nitrogens is 1. The average Bonchev–Trinajstić information content (AvgIpc) is 3.10. The lowest BCUT2D eigenvalue weighted by Crippen LogP contribution is -2.32. The van der Waals surface area contributed by atoms with Crippen LogP contribution >= 0.6 is 0 Å². The Morgan fingerprint density at radius 3 is 2.80 bits per heavy atom. The molecule has 2 bridgehead atoms. The molecule has 2 fully saturated rings. The summed E-state index contributed by atoms with van der Waals surface area (Å²) in [5.74, 6) is 2.48. The Hall–Kier alpha value is -1.52. The number of anilines is 1. The standard InChI is InChI=1S/C15H24N4O/c1-8(2)13-12(16)14(19-18-13)15(20)17-7-11-6-9-3-4-10(11)5-9/h8-11H,3-7,16H2,1-2H3,(H,17,20)(H,18,19). The molecule has 0 aliphatic heterocycles. The summed E-state index contributed by atoms with van der Waals surface area (Å²) in [6, 6.07) is 0. The van der Waals surface area contributed by atoms with Gasteiger partial charge >= 0.3 is 0 Å². The van der Waals surface area contributed by atoms with Crippen molar-refractivity contribution in [1.29, 1.82) is 0 Å². The van der Waals surface area contributed by atoms with Crippen molar-refractivity contribution in [1.82, 2.24) is 15.5 Å². The molecule has 3 rings (SSSR count). The van der Waals surface area contributed by atoms with Gasteiger partial charge in [0.2, 0.25) is 0 Å². The van der Waals surface area contributed by atoms with Crippen LogP contribution in [0.2, 0.25) is 0 Å². The Labute approximate surface area is 119 Å². The molecule has 0 spiro atoms. The van der Waals surface area contributed by atoms with Gasteiger partial charge in [0.1, 0.15) is 0 Å². The summed E-state index contributed by atoms with van der Waals surface area (Å²) >= 11 is 0. The molecule has 1 amide bonds. The molecule has 1 heterocycles. The number of amides is 1. The van der Waals surface area contributed by atoms with Gasteiger partial charge in [-0.25, -0.2) is 0 Å². The Bertz CT molecular complexity index is 508. The number of carbonyl (C=O) groups is 1. The van der Waals surface area contributed by atoms with E-state index in [1.807, 2.05) is 13.8 Å². The first-order valence-electron chi connectivity index (χ1n) is 7.68. The fourth-order valence-electron chi connectivity index (χ4n) is 3.91. The number of hydrogen-bond donors (Lipinski definition) is 3. The lowest BCUT2D eigenvalue weighted by atomic mass is 9.89. The lowest BCUT2D eigenvalue weighted by Gasteiger charge is -2.21. The Morgan fingerprint density at radius 1 is 1.45 bits per heavy atom. The highest BCUT2D eigenvalue weighted by Gasteiger charge is 2.39. The van der Waals surface area contributed by atoms with Crippen LogP contribution < -0.4 is 11.1 Å². The van der Waals surface area contributed by atoms with Crippen LogP contribution in [0.15, 0.2) is 0 Å². The number of rotatable bonds is 4. The van der Waals surface area contributed by atoms with Crippen LogP contribution in [0.5, 0.6) is 0 Å². The Morgan fingerprint density at radius 2 is 2.25 bits per heavy atom. The van der Waals surface area contributed by atoms with Gasteiger partial charge < -0.3 is 11.1 Å². The van der Waals surface area contributed by atoms with Crippen LogP contribution in [-0.2, 0) is 0 Å². The summed E-state index contributed by atoms with van der Waals surface area (Å²) in [6.07, 6.45) is 5.37.